The van der Waals surface area contributed by atoms with Crippen LogP contribution >= 0.6 is 0 Å². The van der Waals surface area contributed by atoms with Crippen LogP contribution in [-0.2, 0) is 14.3 Å². The van der Waals surface area contributed by atoms with Gasteiger partial charge in [-0.25, -0.2) is 0 Å². The predicted molar refractivity (Wildman–Crippen MR) is 82.0 cm³/mol. The number of carbonyl (C=O) groups is 2. The molecule has 0 radical (unpaired) electrons. The SMILES string of the molecule is CCCNC(=O)CCNCC(C(=O)OC)c1ccccc1. The van der Waals surface area contributed by atoms with E-state index in [1.165, 1.54) is 7.11 Å². The third kappa shape index (κ3) is 6.40. The van der Waals surface area contributed by atoms with Crippen LogP contribution in [0, 0.1) is 0 Å². The van der Waals surface area contributed by atoms with Gasteiger partial charge in [-0.2, -0.15) is 0 Å². The molecule has 2 N–H and O–H groups in total. The van der Waals surface area contributed by atoms with Crippen LogP contribution in [-0.4, -0.2) is 38.6 Å². The maximum atomic E-state index is 11.8. The molecule has 0 fully saturated rings. The van der Waals surface area contributed by atoms with Crippen molar-refractivity contribution < 1.29 is 14.3 Å². The van der Waals surface area contributed by atoms with Crippen LogP contribution in [0.15, 0.2) is 30.3 Å². The maximum absolute atomic E-state index is 11.8. The highest BCUT2D eigenvalue weighted by Gasteiger charge is 2.20. The molecule has 0 aromatic heterocycles. The van der Waals surface area contributed by atoms with Crippen LogP contribution in [0.5, 0.6) is 0 Å². The largest absolute Gasteiger partial charge is 0.469 e. The fraction of sp³-hybridized carbons (Fsp3) is 0.500. The fourth-order valence-corrected chi connectivity index (χ4v) is 1.97. The molecular formula is C16H24N2O3. The summed E-state index contributed by atoms with van der Waals surface area (Å²) >= 11 is 0. The third-order valence-electron chi connectivity index (χ3n) is 3.14. The summed E-state index contributed by atoms with van der Waals surface area (Å²) in [5.41, 5.74) is 0.910. The number of methoxy groups -OCH3 is 1. The van der Waals surface area contributed by atoms with Crippen molar-refractivity contribution in [3.63, 3.8) is 0 Å². The minimum Gasteiger partial charge on any atom is -0.469 e. The summed E-state index contributed by atoms with van der Waals surface area (Å²) in [5, 5.41) is 5.96. The molecule has 1 amide bonds. The Morgan fingerprint density at radius 2 is 1.90 bits per heavy atom. The van der Waals surface area contributed by atoms with E-state index < -0.39 is 0 Å². The number of rotatable bonds is 9. The van der Waals surface area contributed by atoms with E-state index in [1.54, 1.807) is 0 Å². The summed E-state index contributed by atoms with van der Waals surface area (Å²) in [4.78, 5) is 23.3. The van der Waals surface area contributed by atoms with Crippen LogP contribution in [0.4, 0.5) is 0 Å². The van der Waals surface area contributed by atoms with E-state index in [4.69, 9.17) is 4.74 Å². The highest BCUT2D eigenvalue weighted by Crippen LogP contribution is 2.16. The van der Waals surface area contributed by atoms with Gasteiger partial charge in [-0.1, -0.05) is 37.3 Å². The molecule has 1 unspecified atom stereocenters. The first-order valence-electron chi connectivity index (χ1n) is 7.29. The lowest BCUT2D eigenvalue weighted by Gasteiger charge is -2.15. The van der Waals surface area contributed by atoms with E-state index in [1.807, 2.05) is 37.3 Å². The summed E-state index contributed by atoms with van der Waals surface area (Å²) < 4.78 is 4.84. The molecule has 116 valence electrons. The molecule has 21 heavy (non-hydrogen) atoms. The highest BCUT2D eigenvalue weighted by molar-refractivity contribution is 5.78. The van der Waals surface area contributed by atoms with Crippen molar-refractivity contribution in [3.05, 3.63) is 35.9 Å². The van der Waals surface area contributed by atoms with Crippen LogP contribution in [0.3, 0.4) is 0 Å². The van der Waals surface area contributed by atoms with Crippen molar-refractivity contribution in [1.82, 2.24) is 10.6 Å². The number of carbonyl (C=O) groups excluding carboxylic acids is 2. The van der Waals surface area contributed by atoms with E-state index >= 15 is 0 Å². The van der Waals surface area contributed by atoms with Gasteiger partial charge in [0.05, 0.1) is 13.0 Å². The minimum absolute atomic E-state index is 0.0266. The van der Waals surface area contributed by atoms with E-state index in [0.29, 0.717) is 26.1 Å². The molecule has 1 atom stereocenters. The smallest absolute Gasteiger partial charge is 0.314 e. The van der Waals surface area contributed by atoms with E-state index in [-0.39, 0.29) is 17.8 Å². The normalized spacial score (nSPS) is 11.7. The zero-order chi connectivity index (χ0) is 15.5. The van der Waals surface area contributed by atoms with Crippen molar-refractivity contribution >= 4 is 11.9 Å². The maximum Gasteiger partial charge on any atom is 0.314 e. The Balaban J connectivity index is 2.41. The zero-order valence-corrected chi connectivity index (χ0v) is 12.7. The summed E-state index contributed by atoms with van der Waals surface area (Å²) in [6.45, 7) is 3.71. The Hall–Kier alpha value is -1.88. The van der Waals surface area contributed by atoms with Gasteiger partial charge in [0.25, 0.3) is 0 Å². The lowest BCUT2D eigenvalue weighted by molar-refractivity contribution is -0.142. The number of hydrogen-bond acceptors (Lipinski definition) is 4. The molecule has 0 aliphatic carbocycles. The van der Waals surface area contributed by atoms with Gasteiger partial charge in [-0.3, -0.25) is 9.59 Å². The van der Waals surface area contributed by atoms with Crippen molar-refractivity contribution in [3.8, 4) is 0 Å². The molecule has 0 spiro atoms. The summed E-state index contributed by atoms with van der Waals surface area (Å²) in [6.07, 6.45) is 1.33. The second kappa shape index (κ2) is 9.94. The molecule has 0 bridgehead atoms. The van der Waals surface area contributed by atoms with Gasteiger partial charge < -0.3 is 15.4 Å². The van der Waals surface area contributed by atoms with Crippen molar-refractivity contribution in [2.45, 2.75) is 25.7 Å². The van der Waals surface area contributed by atoms with E-state index in [0.717, 1.165) is 12.0 Å². The van der Waals surface area contributed by atoms with Gasteiger partial charge in [0.2, 0.25) is 5.91 Å². The zero-order valence-electron chi connectivity index (χ0n) is 12.7. The van der Waals surface area contributed by atoms with E-state index in [2.05, 4.69) is 10.6 Å². The number of nitrogens with one attached hydrogen (secondary N) is 2. The molecule has 0 aliphatic heterocycles. The number of esters is 1. The van der Waals surface area contributed by atoms with E-state index in [9.17, 15) is 9.59 Å². The second-order valence-corrected chi connectivity index (χ2v) is 4.79. The molecule has 0 saturated carbocycles. The molecule has 1 aromatic carbocycles. The second-order valence-electron chi connectivity index (χ2n) is 4.79. The van der Waals surface area contributed by atoms with Gasteiger partial charge >= 0.3 is 5.97 Å². The highest BCUT2D eigenvalue weighted by atomic mass is 16.5. The quantitative estimate of drug-likeness (QED) is 0.534. The Labute approximate surface area is 126 Å². The fourth-order valence-electron chi connectivity index (χ4n) is 1.97. The lowest BCUT2D eigenvalue weighted by atomic mass is 9.99. The Morgan fingerprint density at radius 1 is 1.19 bits per heavy atom. The molecule has 0 aliphatic rings. The first-order valence-corrected chi connectivity index (χ1v) is 7.29. The lowest BCUT2D eigenvalue weighted by Crippen LogP contribution is -2.32. The summed E-state index contributed by atoms with van der Waals surface area (Å²) in [7, 11) is 1.39. The predicted octanol–water partition coefficient (Wildman–Crippen LogP) is 1.45. The Morgan fingerprint density at radius 3 is 2.52 bits per heavy atom. The standard InChI is InChI=1S/C16H24N2O3/c1-3-10-18-15(19)9-11-17-12-14(16(20)21-2)13-7-5-4-6-8-13/h4-8,14,17H,3,9-12H2,1-2H3,(H,18,19). The third-order valence-corrected chi connectivity index (χ3v) is 3.14. The molecule has 5 nitrogen and oxygen atoms in total. The van der Waals surface area contributed by atoms with Gasteiger partial charge in [-0.15, -0.1) is 0 Å². The monoisotopic (exact) mass is 292 g/mol. The topological polar surface area (TPSA) is 67.4 Å². The molecule has 1 rings (SSSR count). The first kappa shape index (κ1) is 17.2. The van der Waals surface area contributed by atoms with Crippen molar-refractivity contribution in [1.29, 1.82) is 0 Å². The Kier molecular flexibility index (Phi) is 8.12. The van der Waals surface area contributed by atoms with Crippen molar-refractivity contribution in [2.24, 2.45) is 0 Å². The number of benzene rings is 1. The number of hydrogen-bond donors (Lipinski definition) is 2. The minimum atomic E-state index is -0.352. The average molecular weight is 292 g/mol. The number of ether oxygens (including phenoxy) is 1. The van der Waals surface area contributed by atoms with Crippen LogP contribution in [0.1, 0.15) is 31.2 Å². The Bertz CT molecular complexity index is 434. The van der Waals surface area contributed by atoms with Crippen LogP contribution in [0.25, 0.3) is 0 Å². The summed E-state index contributed by atoms with van der Waals surface area (Å²) in [5.74, 6) is -0.599. The van der Waals surface area contributed by atoms with Crippen molar-refractivity contribution in [2.75, 3.05) is 26.7 Å². The number of amides is 1. The first-order chi connectivity index (χ1) is 10.2. The summed E-state index contributed by atoms with van der Waals surface area (Å²) in [6, 6.07) is 9.49. The molecule has 5 heteroatoms. The average Bonchev–Trinajstić information content (AvgIpc) is 2.53. The molecule has 0 saturated heterocycles. The van der Waals surface area contributed by atoms with Gasteiger partial charge in [0.15, 0.2) is 0 Å². The van der Waals surface area contributed by atoms with Gasteiger partial charge in [-0.05, 0) is 12.0 Å². The molecule has 1 aromatic rings. The van der Waals surface area contributed by atoms with Crippen LogP contribution in [0.2, 0.25) is 0 Å². The molecule has 0 heterocycles. The van der Waals surface area contributed by atoms with Gasteiger partial charge in [0.1, 0.15) is 0 Å². The molecular weight excluding hydrogens is 268 g/mol. The van der Waals surface area contributed by atoms with Crippen LogP contribution < -0.4 is 10.6 Å². The van der Waals surface area contributed by atoms with Gasteiger partial charge in [0, 0.05) is 26.1 Å².